The van der Waals surface area contributed by atoms with Crippen LogP contribution in [0.25, 0.3) is 0 Å². The van der Waals surface area contributed by atoms with E-state index in [-0.39, 0.29) is 44.7 Å². The Kier molecular flexibility index (Phi) is 28.2. The first-order valence-corrected chi connectivity index (χ1v) is 28.8. The molecule has 0 aliphatic carbocycles. The average molecular weight is 1100 g/mol. The molecular weight excluding hydrogens is 1020 g/mol. The van der Waals surface area contributed by atoms with Crippen molar-refractivity contribution in [3.63, 3.8) is 0 Å². The van der Waals surface area contributed by atoms with Crippen LogP contribution in [0.4, 0.5) is 0 Å². The van der Waals surface area contributed by atoms with Crippen molar-refractivity contribution < 1.29 is 33.7 Å². The topological polar surface area (TPSA) is 99.1 Å². The van der Waals surface area contributed by atoms with Crippen molar-refractivity contribution in [1.82, 2.24) is 0 Å². The number of hydrogen-bond donors (Lipinski definition) is 1. The second-order valence-corrected chi connectivity index (χ2v) is 24.1. The van der Waals surface area contributed by atoms with Gasteiger partial charge in [0.25, 0.3) is 19.4 Å². The Morgan fingerprint density at radius 3 is 0.833 bits per heavy atom. The molecule has 0 heterocycles. The molecule has 9 aromatic rings. The van der Waals surface area contributed by atoms with Crippen LogP contribution in [0.15, 0.2) is 287 Å². The second kappa shape index (κ2) is 34.9. The lowest BCUT2D eigenvalue weighted by Crippen LogP contribution is -2.11. The molecule has 0 radical (unpaired) electrons. The Morgan fingerprint density at radius 1 is 0.372 bits per heavy atom. The first-order chi connectivity index (χ1) is 37.8. The number of aryl methyl sites for hydroxylation is 3. The molecule has 0 unspecified atom stereocenters. The van der Waals surface area contributed by atoms with Crippen LogP contribution in [0.3, 0.4) is 0 Å². The van der Waals surface area contributed by atoms with E-state index in [1.165, 1.54) is 87.6 Å². The van der Waals surface area contributed by atoms with Crippen LogP contribution in [-0.4, -0.2) is 45.9 Å². The van der Waals surface area contributed by atoms with E-state index >= 15 is 0 Å². The molecule has 9 rings (SSSR count). The van der Waals surface area contributed by atoms with E-state index in [0.717, 1.165) is 5.56 Å². The van der Waals surface area contributed by atoms with E-state index in [0.29, 0.717) is 19.4 Å². The molecule has 1 N–H and O–H groups in total. The van der Waals surface area contributed by atoms with Crippen LogP contribution < -0.4 is 0 Å². The standard InChI is InChI=1S/C22H23S.C21H21S.C19H17OS.3C2H4O2/c1-22(2,3)18-14-16-21(17-15-18)23(19-10-6-4-7-11-19)20-12-8-5-9-13-20;1-16-14-17(2)21(18(3)15-16)22(19-10-6-4-7-11-19)20-12-8-5-9-13-20;20-15-16-11-13-19(14-12-16)21(17-7-3-1-4-8-17)18-9-5-2-6-10-18;3*1-4-2-3/h4-17H,1-3H3;4-15H,1-3H3;1-14,20H,15H2;3*2H,1H3/q3*+1;;;. The Bertz CT molecular complexity index is 2890. The van der Waals surface area contributed by atoms with E-state index in [9.17, 15) is 5.11 Å². The van der Waals surface area contributed by atoms with Crippen LogP contribution in [-0.2, 0) is 73.3 Å². The summed E-state index contributed by atoms with van der Waals surface area (Å²) in [6.07, 6.45) is 0. The van der Waals surface area contributed by atoms with Crippen LogP contribution in [0.2, 0.25) is 0 Å². The SMILES string of the molecule is CC(C)(C)c1ccc([S+](c2ccccc2)c2ccccc2)cc1.COC=O.COC=O.COC=O.Cc1cc(C)c([S+](c2ccccc2)c2ccccc2)c(C)c1.OCc1ccc([S+](c2ccccc2)c2ccccc2)cc1. The van der Waals surface area contributed by atoms with E-state index in [4.69, 9.17) is 14.4 Å². The highest BCUT2D eigenvalue weighted by Gasteiger charge is 2.32. The molecule has 0 bridgehead atoms. The van der Waals surface area contributed by atoms with Crippen molar-refractivity contribution in [1.29, 1.82) is 0 Å². The minimum Gasteiger partial charge on any atom is -0.471 e. The first kappa shape index (κ1) is 62.9. The Labute approximate surface area is 472 Å². The predicted octanol–water partition coefficient (Wildman–Crippen LogP) is 15.4. The fraction of sp³-hybridized carbons (Fsp3) is 0.162. The highest BCUT2D eigenvalue weighted by molar-refractivity contribution is 7.97. The molecule has 0 saturated carbocycles. The third kappa shape index (κ3) is 20.4. The summed E-state index contributed by atoms with van der Waals surface area (Å²) in [7, 11) is 3.74. The summed E-state index contributed by atoms with van der Waals surface area (Å²) in [6, 6.07) is 86.4. The molecule has 10 heteroatoms. The monoisotopic (exact) mass is 1100 g/mol. The average Bonchev–Trinajstić information content (AvgIpc) is 3.48. The normalized spacial score (nSPS) is 10.2. The van der Waals surface area contributed by atoms with Crippen molar-refractivity contribution in [2.45, 2.75) is 97.6 Å². The van der Waals surface area contributed by atoms with Gasteiger partial charge in [0, 0.05) is 11.1 Å². The zero-order valence-electron chi connectivity index (χ0n) is 46.2. The van der Waals surface area contributed by atoms with Gasteiger partial charge in [0.1, 0.15) is 0 Å². The van der Waals surface area contributed by atoms with Gasteiger partial charge in [-0.3, -0.25) is 14.4 Å². The van der Waals surface area contributed by atoms with E-state index < -0.39 is 0 Å². The fourth-order valence-corrected chi connectivity index (χ4v) is 14.4. The zero-order valence-corrected chi connectivity index (χ0v) is 48.6. The van der Waals surface area contributed by atoms with Gasteiger partial charge in [-0.25, -0.2) is 0 Å². The minimum atomic E-state index is -0.107. The van der Waals surface area contributed by atoms with Gasteiger partial charge in [-0.05, 0) is 134 Å². The predicted molar refractivity (Wildman–Crippen MR) is 323 cm³/mol. The number of hydrogen-bond acceptors (Lipinski definition) is 7. The van der Waals surface area contributed by atoms with Crippen molar-refractivity contribution in [2.75, 3.05) is 21.3 Å². The molecule has 9 aromatic carbocycles. The molecule has 7 nitrogen and oxygen atoms in total. The summed E-state index contributed by atoms with van der Waals surface area (Å²) >= 11 is 0. The third-order valence-corrected chi connectivity index (χ3v) is 18.3. The van der Waals surface area contributed by atoms with Crippen LogP contribution in [0, 0.1) is 20.8 Å². The van der Waals surface area contributed by atoms with Gasteiger partial charge in [-0.15, -0.1) is 0 Å². The highest BCUT2D eigenvalue weighted by atomic mass is 32.2. The second-order valence-electron chi connectivity index (χ2n) is 18.1. The first-order valence-electron chi connectivity index (χ1n) is 25.2. The van der Waals surface area contributed by atoms with Gasteiger partial charge in [-0.1, -0.05) is 172 Å². The van der Waals surface area contributed by atoms with Gasteiger partial charge in [-0.2, -0.15) is 0 Å². The number of methoxy groups -OCH3 is 3. The van der Waals surface area contributed by atoms with Crippen molar-refractivity contribution in [3.05, 3.63) is 270 Å². The molecule has 0 amide bonds. The maximum Gasteiger partial charge on any atom is 0.292 e. The van der Waals surface area contributed by atoms with E-state index in [1.807, 2.05) is 24.3 Å². The quantitative estimate of drug-likeness (QED) is 0.0697. The van der Waals surface area contributed by atoms with Gasteiger partial charge in [0.2, 0.25) is 0 Å². The Hall–Kier alpha value is -7.60. The largest absolute Gasteiger partial charge is 0.471 e. The number of carbonyl (C=O) groups is 3. The molecule has 0 aliphatic heterocycles. The lowest BCUT2D eigenvalue weighted by molar-refractivity contribution is -0.126. The number of rotatable bonds is 13. The molecule has 402 valence electrons. The van der Waals surface area contributed by atoms with E-state index in [1.54, 1.807) is 0 Å². The Morgan fingerprint density at radius 2 is 0.603 bits per heavy atom. The van der Waals surface area contributed by atoms with Crippen molar-refractivity contribution in [3.8, 4) is 0 Å². The van der Waals surface area contributed by atoms with Gasteiger partial charge in [0.05, 0.1) is 60.6 Å². The number of carbonyl (C=O) groups excluding carboxylic acids is 3. The summed E-state index contributed by atoms with van der Waals surface area (Å²) < 4.78 is 11.6. The molecule has 78 heavy (non-hydrogen) atoms. The third-order valence-electron chi connectivity index (χ3n) is 11.3. The minimum absolute atomic E-state index is 0.0460. The fourth-order valence-electron chi connectivity index (χ4n) is 7.84. The van der Waals surface area contributed by atoms with Crippen molar-refractivity contribution >= 4 is 52.1 Å². The van der Waals surface area contributed by atoms with E-state index in [2.05, 4.69) is 274 Å². The molecule has 0 spiro atoms. The molecule has 0 aromatic heterocycles. The zero-order chi connectivity index (χ0) is 56.5. The maximum atomic E-state index is 9.20. The number of aliphatic hydroxyl groups excluding tert-OH is 1. The van der Waals surface area contributed by atoms with Crippen LogP contribution >= 0.6 is 0 Å². The summed E-state index contributed by atoms with van der Waals surface area (Å²) in [6.45, 7) is 14.6. The lowest BCUT2D eigenvalue weighted by atomic mass is 9.87. The summed E-state index contributed by atoms with van der Waals surface area (Å²) in [5.74, 6) is 0. The van der Waals surface area contributed by atoms with Crippen LogP contribution in [0.5, 0.6) is 0 Å². The summed E-state index contributed by atoms with van der Waals surface area (Å²) in [5, 5.41) is 9.20. The summed E-state index contributed by atoms with van der Waals surface area (Å²) in [4.78, 5) is 39.0. The molecular formula is C68H73O7S3+3. The van der Waals surface area contributed by atoms with Crippen LogP contribution in [0.1, 0.15) is 48.6 Å². The smallest absolute Gasteiger partial charge is 0.292 e. The lowest BCUT2D eigenvalue weighted by Gasteiger charge is -2.19. The molecule has 0 saturated heterocycles. The van der Waals surface area contributed by atoms with Gasteiger partial charge >= 0.3 is 0 Å². The molecule has 0 aliphatic rings. The van der Waals surface area contributed by atoms with Gasteiger partial charge in [0.15, 0.2) is 44.1 Å². The molecule has 0 atom stereocenters. The van der Waals surface area contributed by atoms with Gasteiger partial charge < -0.3 is 19.3 Å². The van der Waals surface area contributed by atoms with Crippen molar-refractivity contribution in [2.24, 2.45) is 0 Å². The molecule has 0 fully saturated rings. The number of ether oxygens (including phenoxy) is 3. The maximum absolute atomic E-state index is 9.20. The summed E-state index contributed by atoms with van der Waals surface area (Å²) in [5.41, 5.74) is 6.62. The highest BCUT2D eigenvalue weighted by Crippen LogP contribution is 2.36. The Balaban J connectivity index is 0.000000228. The number of benzene rings is 9. The number of aliphatic hydroxyl groups is 1.